The average Bonchev–Trinajstić information content (AvgIpc) is 2.87. The summed E-state index contributed by atoms with van der Waals surface area (Å²) >= 11 is 0. The summed E-state index contributed by atoms with van der Waals surface area (Å²) in [6, 6.07) is 20.9. The van der Waals surface area contributed by atoms with Crippen molar-refractivity contribution in [2.45, 2.75) is 64.6 Å². The summed E-state index contributed by atoms with van der Waals surface area (Å²) in [5.41, 5.74) is 9.00. The molecule has 0 unspecified atom stereocenters. The highest BCUT2D eigenvalue weighted by atomic mass is 16.7. The van der Waals surface area contributed by atoms with Gasteiger partial charge in [-0.2, -0.15) is 0 Å². The van der Waals surface area contributed by atoms with E-state index in [0.29, 0.717) is 12.2 Å². The molecule has 0 radical (unpaired) electrons. The van der Waals surface area contributed by atoms with Crippen LogP contribution in [0.3, 0.4) is 0 Å². The first-order valence-corrected chi connectivity index (χ1v) is 12.7. The molecule has 36 heavy (non-hydrogen) atoms. The minimum Gasteiger partial charge on any atom is -0.462 e. The Labute approximate surface area is 215 Å². The van der Waals surface area contributed by atoms with Crippen molar-refractivity contribution in [3.05, 3.63) is 82.9 Å². The summed E-state index contributed by atoms with van der Waals surface area (Å²) in [6.07, 6.45) is 1.89. The standard InChI is InChI=1S/C32H38O4/c1-8-36-29(33)22-11-9-21(10-12-22)24-17-25(19-26(18-24)30(34-6)35-7)23-13-14-27-28(20-23)32(4,5)16-15-31(27,2)3/h9-14,17-20,30H,8,15-16H2,1-7H3. The molecule has 1 aliphatic carbocycles. The van der Waals surface area contributed by atoms with E-state index in [1.54, 1.807) is 14.2 Å². The lowest BCUT2D eigenvalue weighted by atomic mass is 9.63. The van der Waals surface area contributed by atoms with Gasteiger partial charge in [-0.15, -0.1) is 0 Å². The van der Waals surface area contributed by atoms with Crippen molar-refractivity contribution in [3.63, 3.8) is 0 Å². The second-order valence-electron chi connectivity index (χ2n) is 11.0. The van der Waals surface area contributed by atoms with Crippen LogP contribution in [0.15, 0.2) is 60.7 Å². The van der Waals surface area contributed by atoms with Gasteiger partial charge in [-0.1, -0.05) is 58.0 Å². The normalized spacial score (nSPS) is 16.0. The van der Waals surface area contributed by atoms with Crippen molar-refractivity contribution in [2.75, 3.05) is 20.8 Å². The third kappa shape index (κ3) is 5.11. The SMILES string of the molecule is CCOC(=O)c1ccc(-c2cc(-c3ccc4c(c3)C(C)(C)CCC4(C)C)cc(C(OC)OC)c2)cc1. The van der Waals surface area contributed by atoms with Gasteiger partial charge in [0.05, 0.1) is 12.2 Å². The molecule has 0 aromatic heterocycles. The molecule has 0 bridgehead atoms. The Balaban J connectivity index is 1.82. The van der Waals surface area contributed by atoms with Crippen LogP contribution in [0.5, 0.6) is 0 Å². The summed E-state index contributed by atoms with van der Waals surface area (Å²) in [5.74, 6) is -0.308. The lowest BCUT2D eigenvalue weighted by Gasteiger charge is -2.42. The van der Waals surface area contributed by atoms with Crippen LogP contribution in [-0.4, -0.2) is 26.8 Å². The second-order valence-corrected chi connectivity index (χ2v) is 11.0. The molecular formula is C32H38O4. The van der Waals surface area contributed by atoms with Gasteiger partial charge >= 0.3 is 5.97 Å². The van der Waals surface area contributed by atoms with E-state index in [-0.39, 0.29) is 16.8 Å². The number of esters is 1. The largest absolute Gasteiger partial charge is 0.462 e. The van der Waals surface area contributed by atoms with Gasteiger partial charge in [0, 0.05) is 19.8 Å². The van der Waals surface area contributed by atoms with Gasteiger partial charge in [0.2, 0.25) is 0 Å². The third-order valence-corrected chi connectivity index (χ3v) is 7.57. The number of carbonyl (C=O) groups is 1. The van der Waals surface area contributed by atoms with Gasteiger partial charge in [0.25, 0.3) is 0 Å². The van der Waals surface area contributed by atoms with E-state index in [2.05, 4.69) is 64.1 Å². The zero-order chi connectivity index (χ0) is 26.1. The molecule has 3 aromatic rings. The topological polar surface area (TPSA) is 44.8 Å². The number of hydrogen-bond acceptors (Lipinski definition) is 4. The van der Waals surface area contributed by atoms with E-state index < -0.39 is 6.29 Å². The highest BCUT2D eigenvalue weighted by Gasteiger charge is 2.37. The van der Waals surface area contributed by atoms with Crippen molar-refractivity contribution in [1.82, 2.24) is 0 Å². The van der Waals surface area contributed by atoms with E-state index in [0.717, 1.165) is 22.3 Å². The van der Waals surface area contributed by atoms with Gasteiger partial charge in [0.1, 0.15) is 0 Å². The molecule has 0 N–H and O–H groups in total. The second kappa shape index (κ2) is 10.2. The van der Waals surface area contributed by atoms with Crippen molar-refractivity contribution >= 4 is 5.97 Å². The van der Waals surface area contributed by atoms with E-state index in [1.807, 2.05) is 31.2 Å². The fourth-order valence-corrected chi connectivity index (χ4v) is 5.27. The van der Waals surface area contributed by atoms with E-state index >= 15 is 0 Å². The minimum absolute atomic E-state index is 0.131. The lowest BCUT2D eigenvalue weighted by Crippen LogP contribution is -2.33. The molecule has 0 atom stereocenters. The fourth-order valence-electron chi connectivity index (χ4n) is 5.27. The van der Waals surface area contributed by atoms with Crippen molar-refractivity contribution in [2.24, 2.45) is 0 Å². The molecule has 0 aliphatic heterocycles. The van der Waals surface area contributed by atoms with Crippen LogP contribution in [0.25, 0.3) is 22.3 Å². The van der Waals surface area contributed by atoms with Gasteiger partial charge < -0.3 is 14.2 Å². The van der Waals surface area contributed by atoms with Crippen LogP contribution in [0.2, 0.25) is 0 Å². The average molecular weight is 487 g/mol. The smallest absolute Gasteiger partial charge is 0.338 e. The van der Waals surface area contributed by atoms with Crippen molar-refractivity contribution in [3.8, 4) is 22.3 Å². The van der Waals surface area contributed by atoms with Crippen LogP contribution in [0.4, 0.5) is 0 Å². The Morgan fingerprint density at radius 2 is 1.31 bits per heavy atom. The molecule has 4 heteroatoms. The Morgan fingerprint density at radius 3 is 1.89 bits per heavy atom. The predicted molar refractivity (Wildman–Crippen MR) is 145 cm³/mol. The number of benzene rings is 3. The molecule has 0 spiro atoms. The summed E-state index contributed by atoms with van der Waals surface area (Å²) < 4.78 is 16.4. The zero-order valence-corrected chi connectivity index (χ0v) is 22.6. The fraction of sp³-hybridized carbons (Fsp3) is 0.406. The summed E-state index contributed by atoms with van der Waals surface area (Å²) in [5, 5.41) is 0. The number of carbonyl (C=O) groups excluding carboxylic acids is 1. The lowest BCUT2D eigenvalue weighted by molar-refractivity contribution is -0.105. The zero-order valence-electron chi connectivity index (χ0n) is 22.6. The summed E-state index contributed by atoms with van der Waals surface area (Å²) in [7, 11) is 3.30. The quantitative estimate of drug-likeness (QED) is 0.252. The van der Waals surface area contributed by atoms with Crippen molar-refractivity contribution < 1.29 is 19.0 Å². The molecule has 0 fully saturated rings. The van der Waals surface area contributed by atoms with Crippen molar-refractivity contribution in [1.29, 1.82) is 0 Å². The summed E-state index contributed by atoms with van der Waals surface area (Å²) in [6.45, 7) is 11.6. The van der Waals surface area contributed by atoms with E-state index in [1.165, 1.54) is 29.5 Å². The minimum atomic E-state index is -0.476. The van der Waals surface area contributed by atoms with Crippen LogP contribution in [0, 0.1) is 0 Å². The molecule has 0 amide bonds. The molecule has 3 aromatic carbocycles. The first-order valence-electron chi connectivity index (χ1n) is 12.7. The Morgan fingerprint density at radius 1 is 0.750 bits per heavy atom. The van der Waals surface area contributed by atoms with E-state index in [4.69, 9.17) is 14.2 Å². The summed E-state index contributed by atoms with van der Waals surface area (Å²) in [4.78, 5) is 12.1. The maximum Gasteiger partial charge on any atom is 0.338 e. The highest BCUT2D eigenvalue weighted by Crippen LogP contribution is 2.47. The predicted octanol–water partition coefficient (Wildman–Crippen LogP) is 7.84. The molecule has 0 saturated carbocycles. The van der Waals surface area contributed by atoms with Gasteiger partial charge in [0.15, 0.2) is 6.29 Å². The Kier molecular flexibility index (Phi) is 7.40. The number of rotatable bonds is 7. The first kappa shape index (κ1) is 26.1. The van der Waals surface area contributed by atoms with Crippen LogP contribution >= 0.6 is 0 Å². The Bertz CT molecular complexity index is 1230. The molecule has 4 rings (SSSR count). The number of fused-ring (bicyclic) bond motifs is 1. The first-order chi connectivity index (χ1) is 17.1. The molecule has 0 heterocycles. The van der Waals surface area contributed by atoms with Crippen LogP contribution in [0.1, 0.15) is 80.8 Å². The van der Waals surface area contributed by atoms with Gasteiger partial charge in [-0.05, 0) is 94.3 Å². The third-order valence-electron chi connectivity index (χ3n) is 7.57. The number of hydrogen-bond donors (Lipinski definition) is 0. The maximum atomic E-state index is 12.1. The number of methoxy groups -OCH3 is 2. The Hall–Kier alpha value is -2.95. The molecule has 190 valence electrons. The maximum absolute atomic E-state index is 12.1. The number of ether oxygens (including phenoxy) is 3. The van der Waals surface area contributed by atoms with Gasteiger partial charge in [-0.3, -0.25) is 0 Å². The van der Waals surface area contributed by atoms with E-state index in [9.17, 15) is 4.79 Å². The monoisotopic (exact) mass is 486 g/mol. The molecular weight excluding hydrogens is 448 g/mol. The van der Waals surface area contributed by atoms with Gasteiger partial charge in [-0.25, -0.2) is 4.79 Å². The highest BCUT2D eigenvalue weighted by molar-refractivity contribution is 5.90. The van der Waals surface area contributed by atoms with Crippen LogP contribution in [-0.2, 0) is 25.0 Å². The molecule has 1 aliphatic rings. The van der Waals surface area contributed by atoms with Crippen LogP contribution < -0.4 is 0 Å². The molecule has 0 saturated heterocycles. The molecule has 4 nitrogen and oxygen atoms in total.